The summed E-state index contributed by atoms with van der Waals surface area (Å²) in [5, 5.41) is 0. The SMILES string of the molecule is c1ccc(-c2ccc(N(c3ccc4c(c3)C3(c5ccccc5-c5ccccc53)c3ccccc3-4)c3ccc4c(c3)C3(c5ccccc5-4)C4CC5CC(C4)CC3C5)cc2)cc1. The van der Waals surface area contributed by atoms with Gasteiger partial charge >= 0.3 is 0 Å². The van der Waals surface area contributed by atoms with E-state index in [4.69, 9.17) is 0 Å². The molecule has 0 heterocycles. The number of fused-ring (bicyclic) bond motifs is 13. The number of benzene rings is 8. The van der Waals surface area contributed by atoms with Crippen LogP contribution in [0.25, 0.3) is 44.5 Å². The predicted octanol–water partition coefficient (Wildman–Crippen LogP) is 14.9. The molecule has 0 aliphatic heterocycles. The van der Waals surface area contributed by atoms with Gasteiger partial charge in [0.2, 0.25) is 0 Å². The number of hydrogen-bond acceptors (Lipinski definition) is 1. The molecule has 2 spiro atoms. The van der Waals surface area contributed by atoms with Crippen LogP contribution in [0.3, 0.4) is 0 Å². The lowest BCUT2D eigenvalue weighted by atomic mass is 9.43. The second-order valence-corrected chi connectivity index (χ2v) is 18.8. The molecular formula is C59H45N. The molecule has 15 rings (SSSR count). The largest absolute Gasteiger partial charge is 0.310 e. The highest BCUT2D eigenvalue weighted by Crippen LogP contribution is 2.70. The van der Waals surface area contributed by atoms with Crippen molar-refractivity contribution in [3.63, 3.8) is 0 Å². The van der Waals surface area contributed by atoms with E-state index in [1.54, 1.807) is 11.1 Å². The Hall–Kier alpha value is -6.44. The van der Waals surface area contributed by atoms with Crippen molar-refractivity contribution in [1.29, 1.82) is 0 Å². The van der Waals surface area contributed by atoms with Gasteiger partial charge in [0.25, 0.3) is 0 Å². The van der Waals surface area contributed by atoms with Crippen molar-refractivity contribution in [3.8, 4) is 44.5 Å². The van der Waals surface area contributed by atoms with Crippen molar-refractivity contribution in [2.75, 3.05) is 4.90 Å². The minimum Gasteiger partial charge on any atom is -0.310 e. The maximum absolute atomic E-state index is 2.65. The third kappa shape index (κ3) is 4.18. The summed E-state index contributed by atoms with van der Waals surface area (Å²) in [5.74, 6) is 3.24. The van der Waals surface area contributed by atoms with E-state index in [0.717, 1.165) is 11.8 Å². The lowest BCUT2D eigenvalue weighted by Crippen LogP contribution is -2.55. The van der Waals surface area contributed by atoms with Crippen LogP contribution in [0.1, 0.15) is 65.5 Å². The van der Waals surface area contributed by atoms with E-state index >= 15 is 0 Å². The van der Waals surface area contributed by atoms with Crippen molar-refractivity contribution in [2.45, 2.75) is 42.9 Å². The van der Waals surface area contributed by atoms with Crippen molar-refractivity contribution in [2.24, 2.45) is 23.7 Å². The zero-order chi connectivity index (χ0) is 39.2. The lowest BCUT2D eigenvalue weighted by molar-refractivity contribution is -0.0399. The molecule has 8 aromatic rings. The molecule has 0 radical (unpaired) electrons. The average Bonchev–Trinajstić information content (AvgIpc) is 3.88. The molecule has 60 heavy (non-hydrogen) atoms. The second kappa shape index (κ2) is 12.1. The minimum atomic E-state index is -0.401. The standard InChI is InChI=1S/C59H45N/c1-2-12-39(13-3-1)40-22-24-43(25-23-40)60(44-26-28-50-48-16-4-8-18-52(48)58(56(50)35-44)41-31-37-30-38(33-41)34-42(58)32-37)45-27-29-51-49-17-7-11-21-55(49)59(57(51)36-45)53-19-9-5-14-46(53)47-15-6-10-20-54(47)59/h1-29,35-38,41-42H,30-34H2. The quantitative estimate of drug-likeness (QED) is 0.172. The van der Waals surface area contributed by atoms with Gasteiger partial charge < -0.3 is 4.90 Å². The maximum Gasteiger partial charge on any atom is 0.0726 e. The Morgan fingerprint density at radius 2 is 0.717 bits per heavy atom. The molecule has 286 valence electrons. The van der Waals surface area contributed by atoms with Crippen LogP contribution in [0.4, 0.5) is 17.1 Å². The van der Waals surface area contributed by atoms with Crippen LogP contribution >= 0.6 is 0 Å². The summed E-state index contributed by atoms with van der Waals surface area (Å²) in [6.07, 6.45) is 6.99. The van der Waals surface area contributed by atoms with Crippen molar-refractivity contribution in [1.82, 2.24) is 0 Å². The van der Waals surface area contributed by atoms with Crippen LogP contribution in [0.5, 0.6) is 0 Å². The molecule has 0 aromatic heterocycles. The first kappa shape index (κ1) is 33.4. The van der Waals surface area contributed by atoms with E-state index in [1.165, 1.54) is 116 Å². The van der Waals surface area contributed by atoms with E-state index in [-0.39, 0.29) is 5.41 Å². The highest BCUT2D eigenvalue weighted by Gasteiger charge is 2.61. The van der Waals surface area contributed by atoms with Crippen molar-refractivity contribution < 1.29 is 0 Å². The van der Waals surface area contributed by atoms with Gasteiger partial charge in [-0.25, -0.2) is 0 Å². The Morgan fingerprint density at radius 1 is 0.317 bits per heavy atom. The van der Waals surface area contributed by atoms with Crippen LogP contribution in [-0.4, -0.2) is 0 Å². The van der Waals surface area contributed by atoms with Gasteiger partial charge in [-0.3, -0.25) is 0 Å². The molecule has 0 N–H and O–H groups in total. The lowest BCUT2D eigenvalue weighted by Gasteiger charge is -2.61. The zero-order valence-electron chi connectivity index (χ0n) is 33.7. The number of anilines is 3. The van der Waals surface area contributed by atoms with E-state index in [1.807, 2.05) is 0 Å². The summed E-state index contributed by atoms with van der Waals surface area (Å²) in [7, 11) is 0. The molecule has 0 atom stereocenters. The maximum atomic E-state index is 2.65. The fourth-order valence-corrected chi connectivity index (χ4v) is 14.4. The molecule has 4 fully saturated rings. The topological polar surface area (TPSA) is 3.24 Å². The second-order valence-electron chi connectivity index (χ2n) is 18.8. The molecule has 4 bridgehead atoms. The summed E-state index contributed by atoms with van der Waals surface area (Å²) >= 11 is 0. The third-order valence-electron chi connectivity index (χ3n) is 16.3. The molecule has 0 saturated heterocycles. The van der Waals surface area contributed by atoms with Crippen LogP contribution < -0.4 is 4.90 Å². The van der Waals surface area contributed by atoms with Crippen LogP contribution in [0, 0.1) is 23.7 Å². The number of nitrogens with zero attached hydrogens (tertiary/aromatic N) is 1. The van der Waals surface area contributed by atoms with Crippen LogP contribution in [0.2, 0.25) is 0 Å². The Balaban J connectivity index is 1.00. The van der Waals surface area contributed by atoms with E-state index in [0.29, 0.717) is 11.8 Å². The summed E-state index contributed by atoms with van der Waals surface area (Å²) in [5.41, 5.74) is 22.8. The Kier molecular flexibility index (Phi) is 6.72. The average molecular weight is 768 g/mol. The van der Waals surface area contributed by atoms with Gasteiger partial charge in [-0.05, 0) is 170 Å². The molecule has 1 nitrogen and oxygen atoms in total. The Morgan fingerprint density at radius 3 is 1.27 bits per heavy atom. The van der Waals surface area contributed by atoms with E-state index in [9.17, 15) is 0 Å². The molecular weight excluding hydrogens is 723 g/mol. The molecule has 1 heteroatoms. The fraction of sp³-hybridized carbons (Fsp3) is 0.186. The first-order valence-corrected chi connectivity index (χ1v) is 22.3. The highest BCUT2D eigenvalue weighted by molar-refractivity contribution is 5.96. The zero-order valence-corrected chi connectivity index (χ0v) is 33.7. The fourth-order valence-electron chi connectivity index (χ4n) is 14.4. The summed E-state index contributed by atoms with van der Waals surface area (Å²) in [6, 6.07) is 72.1. The van der Waals surface area contributed by atoms with Crippen molar-refractivity contribution in [3.05, 3.63) is 221 Å². The van der Waals surface area contributed by atoms with Gasteiger partial charge in [0.1, 0.15) is 0 Å². The van der Waals surface area contributed by atoms with Gasteiger partial charge in [0, 0.05) is 22.5 Å². The first-order chi connectivity index (χ1) is 29.7. The van der Waals surface area contributed by atoms with Crippen LogP contribution in [0.15, 0.2) is 188 Å². The van der Waals surface area contributed by atoms with Gasteiger partial charge in [-0.1, -0.05) is 152 Å². The van der Waals surface area contributed by atoms with Gasteiger partial charge in [-0.2, -0.15) is 0 Å². The molecule has 8 aromatic carbocycles. The van der Waals surface area contributed by atoms with Crippen molar-refractivity contribution >= 4 is 17.1 Å². The van der Waals surface area contributed by atoms with Gasteiger partial charge in [0.15, 0.2) is 0 Å². The number of hydrogen-bond donors (Lipinski definition) is 0. The molecule has 0 amide bonds. The third-order valence-corrected chi connectivity index (χ3v) is 16.3. The molecule has 4 saturated carbocycles. The molecule has 7 aliphatic rings. The normalized spacial score (nSPS) is 23.5. The summed E-state index contributed by atoms with van der Waals surface area (Å²) < 4.78 is 0. The van der Waals surface area contributed by atoms with Crippen LogP contribution in [-0.2, 0) is 10.8 Å². The monoisotopic (exact) mass is 767 g/mol. The Bertz CT molecular complexity index is 2970. The predicted molar refractivity (Wildman–Crippen MR) is 246 cm³/mol. The molecule has 7 aliphatic carbocycles. The summed E-state index contributed by atoms with van der Waals surface area (Å²) in [6.45, 7) is 0. The van der Waals surface area contributed by atoms with Gasteiger partial charge in [0.05, 0.1) is 5.41 Å². The van der Waals surface area contributed by atoms with E-state index < -0.39 is 5.41 Å². The summed E-state index contributed by atoms with van der Waals surface area (Å²) in [4.78, 5) is 2.57. The molecule has 0 unspecified atom stereocenters. The van der Waals surface area contributed by atoms with E-state index in [2.05, 4.69) is 193 Å². The minimum absolute atomic E-state index is 0.0963. The smallest absolute Gasteiger partial charge is 0.0726 e. The van der Waals surface area contributed by atoms with Gasteiger partial charge in [-0.15, -0.1) is 0 Å². The first-order valence-electron chi connectivity index (χ1n) is 22.3. The highest BCUT2D eigenvalue weighted by atomic mass is 15.1. The number of rotatable bonds is 4. The Labute approximate surface area is 353 Å².